The van der Waals surface area contributed by atoms with E-state index in [4.69, 9.17) is 5.73 Å². The fourth-order valence-electron chi connectivity index (χ4n) is 2.47. The highest BCUT2D eigenvalue weighted by atomic mass is 15.0. The Hall–Kier alpha value is -3.34. The number of hydrogen-bond acceptors (Lipinski definition) is 4. The van der Waals surface area contributed by atoms with E-state index in [1.54, 1.807) is 12.4 Å². The maximum Gasteiger partial charge on any atom is 0.155 e. The molecule has 3 heterocycles. The second kappa shape index (κ2) is 5.46. The van der Waals surface area contributed by atoms with Crippen LogP contribution in [-0.2, 0) is 0 Å². The van der Waals surface area contributed by atoms with Crippen LogP contribution in [0.5, 0.6) is 0 Å². The van der Waals surface area contributed by atoms with Crippen molar-refractivity contribution < 1.29 is 0 Å². The van der Waals surface area contributed by atoms with Crippen molar-refractivity contribution in [3.05, 3.63) is 72.7 Å². The fourth-order valence-corrected chi connectivity index (χ4v) is 2.47. The van der Waals surface area contributed by atoms with Gasteiger partial charge < -0.3 is 5.73 Å². The SMILES string of the molecule is NC(=Nc1ccc2ccc3cccnc3c2n1)c1ccccn1. The third kappa shape index (κ3) is 2.48. The number of amidine groups is 1. The van der Waals surface area contributed by atoms with E-state index in [1.165, 1.54) is 0 Å². The van der Waals surface area contributed by atoms with Gasteiger partial charge in [0, 0.05) is 23.2 Å². The van der Waals surface area contributed by atoms with Crippen molar-refractivity contribution in [1.82, 2.24) is 15.0 Å². The molecule has 0 amide bonds. The first kappa shape index (κ1) is 13.3. The van der Waals surface area contributed by atoms with Crippen LogP contribution in [0.1, 0.15) is 5.69 Å². The summed E-state index contributed by atoms with van der Waals surface area (Å²) in [6.07, 6.45) is 3.45. The molecule has 0 saturated carbocycles. The van der Waals surface area contributed by atoms with Gasteiger partial charge in [0.05, 0.1) is 11.0 Å². The van der Waals surface area contributed by atoms with Gasteiger partial charge in [-0.1, -0.05) is 24.3 Å². The topological polar surface area (TPSA) is 77.0 Å². The highest BCUT2D eigenvalue weighted by Crippen LogP contribution is 2.24. The van der Waals surface area contributed by atoms with E-state index < -0.39 is 0 Å². The Balaban J connectivity index is 1.87. The Bertz CT molecular complexity index is 1030. The second-order valence-corrected chi connectivity index (χ2v) is 5.09. The summed E-state index contributed by atoms with van der Waals surface area (Å²) in [4.78, 5) is 17.6. The van der Waals surface area contributed by atoms with Gasteiger partial charge in [0.2, 0.25) is 0 Å². The van der Waals surface area contributed by atoms with Crippen molar-refractivity contribution in [2.75, 3.05) is 0 Å². The van der Waals surface area contributed by atoms with E-state index in [1.807, 2.05) is 54.6 Å². The Labute approximate surface area is 132 Å². The van der Waals surface area contributed by atoms with Crippen LogP contribution in [0.15, 0.2) is 72.0 Å². The van der Waals surface area contributed by atoms with Crippen LogP contribution in [0.4, 0.5) is 5.82 Å². The van der Waals surface area contributed by atoms with E-state index in [-0.39, 0.29) is 0 Å². The molecule has 5 nitrogen and oxygen atoms in total. The van der Waals surface area contributed by atoms with Gasteiger partial charge in [0.15, 0.2) is 11.7 Å². The predicted octanol–water partition coefficient (Wildman–Crippen LogP) is 3.22. The van der Waals surface area contributed by atoms with Crippen molar-refractivity contribution in [3.63, 3.8) is 0 Å². The lowest BCUT2D eigenvalue weighted by atomic mass is 10.1. The molecule has 0 aliphatic rings. The molecule has 110 valence electrons. The molecule has 0 radical (unpaired) electrons. The van der Waals surface area contributed by atoms with Crippen LogP contribution in [0.2, 0.25) is 0 Å². The number of aromatic nitrogens is 3. The van der Waals surface area contributed by atoms with Crippen LogP contribution in [-0.4, -0.2) is 20.8 Å². The zero-order valence-electron chi connectivity index (χ0n) is 12.2. The van der Waals surface area contributed by atoms with Gasteiger partial charge in [-0.15, -0.1) is 0 Å². The molecule has 0 fully saturated rings. The molecule has 23 heavy (non-hydrogen) atoms. The molecule has 4 rings (SSSR count). The lowest BCUT2D eigenvalue weighted by Gasteiger charge is -2.04. The highest BCUT2D eigenvalue weighted by molar-refractivity contribution is 6.03. The van der Waals surface area contributed by atoms with Crippen molar-refractivity contribution in [2.24, 2.45) is 10.7 Å². The minimum absolute atomic E-state index is 0.339. The molecule has 0 aliphatic carbocycles. The zero-order chi connectivity index (χ0) is 15.6. The normalized spacial score (nSPS) is 11.9. The molecule has 1 aromatic carbocycles. The quantitative estimate of drug-likeness (QED) is 0.350. The summed E-state index contributed by atoms with van der Waals surface area (Å²) in [5, 5.41) is 2.07. The number of aliphatic imine (C=N–C) groups is 1. The average molecular weight is 299 g/mol. The summed E-state index contributed by atoms with van der Waals surface area (Å²) in [7, 11) is 0. The number of hydrogen-bond donors (Lipinski definition) is 1. The summed E-state index contributed by atoms with van der Waals surface area (Å²) in [6.45, 7) is 0. The summed E-state index contributed by atoms with van der Waals surface area (Å²) in [5.41, 5.74) is 8.32. The molecule has 0 atom stereocenters. The molecular weight excluding hydrogens is 286 g/mol. The maximum absolute atomic E-state index is 6.02. The summed E-state index contributed by atoms with van der Waals surface area (Å²) in [5.74, 6) is 0.879. The molecule has 0 aliphatic heterocycles. The molecule has 2 N–H and O–H groups in total. The van der Waals surface area contributed by atoms with Gasteiger partial charge in [0.25, 0.3) is 0 Å². The van der Waals surface area contributed by atoms with Gasteiger partial charge in [0.1, 0.15) is 5.69 Å². The maximum atomic E-state index is 6.02. The average Bonchev–Trinajstić information content (AvgIpc) is 2.62. The fraction of sp³-hybridized carbons (Fsp3) is 0. The predicted molar refractivity (Wildman–Crippen MR) is 91.7 cm³/mol. The van der Waals surface area contributed by atoms with Crippen LogP contribution in [0.3, 0.4) is 0 Å². The van der Waals surface area contributed by atoms with E-state index in [0.29, 0.717) is 17.3 Å². The minimum Gasteiger partial charge on any atom is -0.382 e. The van der Waals surface area contributed by atoms with Crippen LogP contribution in [0.25, 0.3) is 21.8 Å². The lowest BCUT2D eigenvalue weighted by Crippen LogP contribution is -2.14. The monoisotopic (exact) mass is 299 g/mol. The van der Waals surface area contributed by atoms with Gasteiger partial charge in [-0.05, 0) is 30.3 Å². The molecule has 0 saturated heterocycles. The molecule has 3 aromatic heterocycles. The Morgan fingerprint density at radius 3 is 2.39 bits per heavy atom. The van der Waals surface area contributed by atoms with Gasteiger partial charge in [-0.3, -0.25) is 9.97 Å². The smallest absolute Gasteiger partial charge is 0.155 e. The summed E-state index contributed by atoms with van der Waals surface area (Å²) >= 11 is 0. The first-order valence-electron chi connectivity index (χ1n) is 7.21. The summed E-state index contributed by atoms with van der Waals surface area (Å²) < 4.78 is 0. The first-order chi connectivity index (χ1) is 11.3. The second-order valence-electron chi connectivity index (χ2n) is 5.09. The third-order valence-electron chi connectivity index (χ3n) is 3.58. The van der Waals surface area contributed by atoms with Crippen LogP contribution < -0.4 is 5.73 Å². The Morgan fingerprint density at radius 1 is 0.783 bits per heavy atom. The zero-order valence-corrected chi connectivity index (χ0v) is 12.2. The number of rotatable bonds is 2. The third-order valence-corrected chi connectivity index (χ3v) is 3.58. The van der Waals surface area contributed by atoms with Crippen molar-refractivity contribution >= 4 is 33.5 Å². The Morgan fingerprint density at radius 2 is 1.57 bits per heavy atom. The first-order valence-corrected chi connectivity index (χ1v) is 7.21. The minimum atomic E-state index is 0.339. The number of nitrogens with zero attached hydrogens (tertiary/aromatic N) is 4. The molecular formula is C18H13N5. The standard InChI is InChI=1S/C18H13N5/c19-18(14-5-1-2-10-20-14)23-15-9-8-13-7-6-12-4-3-11-21-16(12)17(13)22-15/h1-11H,(H2,19,22,23). The van der Waals surface area contributed by atoms with E-state index in [9.17, 15) is 0 Å². The van der Waals surface area contributed by atoms with E-state index in [2.05, 4.69) is 19.9 Å². The molecule has 0 spiro atoms. The number of pyridine rings is 3. The molecule has 5 heteroatoms. The lowest BCUT2D eigenvalue weighted by molar-refractivity contribution is 1.25. The highest BCUT2D eigenvalue weighted by Gasteiger charge is 2.05. The van der Waals surface area contributed by atoms with E-state index in [0.717, 1.165) is 21.8 Å². The van der Waals surface area contributed by atoms with Crippen molar-refractivity contribution in [1.29, 1.82) is 0 Å². The van der Waals surface area contributed by atoms with Crippen LogP contribution in [0, 0.1) is 0 Å². The van der Waals surface area contributed by atoms with Gasteiger partial charge in [-0.25, -0.2) is 9.98 Å². The largest absolute Gasteiger partial charge is 0.382 e. The number of benzene rings is 1. The van der Waals surface area contributed by atoms with E-state index >= 15 is 0 Å². The van der Waals surface area contributed by atoms with Crippen molar-refractivity contribution in [3.8, 4) is 0 Å². The van der Waals surface area contributed by atoms with Crippen molar-refractivity contribution in [2.45, 2.75) is 0 Å². The molecule has 0 unspecified atom stereocenters. The number of nitrogens with two attached hydrogens (primary N) is 1. The molecule has 4 aromatic rings. The number of fused-ring (bicyclic) bond motifs is 3. The van der Waals surface area contributed by atoms with Crippen LogP contribution >= 0.6 is 0 Å². The molecule has 0 bridgehead atoms. The Kier molecular flexibility index (Phi) is 3.16. The summed E-state index contributed by atoms with van der Waals surface area (Å²) in [6, 6.07) is 17.3. The van der Waals surface area contributed by atoms with Gasteiger partial charge in [-0.2, -0.15) is 0 Å². The van der Waals surface area contributed by atoms with Gasteiger partial charge >= 0.3 is 0 Å².